The van der Waals surface area contributed by atoms with Crippen LogP contribution < -0.4 is 15.8 Å². The first-order valence-electron chi connectivity index (χ1n) is 6.83. The minimum Gasteiger partial charge on any atom is -0.377 e. The van der Waals surface area contributed by atoms with Gasteiger partial charge in [-0.05, 0) is 31.0 Å². The number of rotatable bonds is 4. The molecule has 1 atom stereocenters. The fraction of sp³-hybridized carbons (Fsp3) is 0.385. The molecule has 1 unspecified atom stereocenters. The van der Waals surface area contributed by atoms with Crippen LogP contribution >= 0.6 is 0 Å². The lowest BCUT2D eigenvalue weighted by Crippen LogP contribution is -2.32. The maximum Gasteiger partial charge on any atom is 0.314 e. The van der Waals surface area contributed by atoms with Crippen LogP contribution in [0.1, 0.15) is 12.8 Å². The molecule has 0 saturated carbocycles. The van der Waals surface area contributed by atoms with E-state index in [4.69, 9.17) is 4.74 Å². The van der Waals surface area contributed by atoms with Crippen molar-refractivity contribution in [3.8, 4) is 0 Å². The maximum absolute atomic E-state index is 12.3. The van der Waals surface area contributed by atoms with E-state index < -0.39 is 21.1 Å². The predicted molar refractivity (Wildman–Crippen MR) is 79.4 cm³/mol. The van der Waals surface area contributed by atoms with E-state index in [-0.39, 0.29) is 23.1 Å². The summed E-state index contributed by atoms with van der Waals surface area (Å²) < 4.78 is 32.4. The molecular formula is C13H15N3O5S. The van der Waals surface area contributed by atoms with Crippen LogP contribution in [-0.4, -0.2) is 37.6 Å². The zero-order chi connectivity index (χ0) is 15.7. The lowest BCUT2D eigenvalue weighted by Gasteiger charge is -2.11. The number of hydrogen-bond donors (Lipinski definition) is 3. The highest BCUT2D eigenvalue weighted by molar-refractivity contribution is 7.89. The minimum absolute atomic E-state index is 0.0145. The second-order valence-corrected chi connectivity index (χ2v) is 6.87. The largest absolute Gasteiger partial charge is 0.377 e. The van der Waals surface area contributed by atoms with Crippen LogP contribution in [0.2, 0.25) is 0 Å². The molecule has 2 aromatic rings. The highest BCUT2D eigenvalue weighted by Crippen LogP contribution is 2.16. The van der Waals surface area contributed by atoms with Crippen molar-refractivity contribution in [2.75, 3.05) is 13.2 Å². The Labute approximate surface area is 125 Å². The zero-order valence-corrected chi connectivity index (χ0v) is 12.4. The van der Waals surface area contributed by atoms with Gasteiger partial charge < -0.3 is 14.7 Å². The second kappa shape index (κ2) is 5.67. The summed E-state index contributed by atoms with van der Waals surface area (Å²) >= 11 is 0. The highest BCUT2D eigenvalue weighted by atomic mass is 32.2. The van der Waals surface area contributed by atoms with E-state index in [0.717, 1.165) is 12.8 Å². The SMILES string of the molecule is O=c1[nH]c2ccc(S(=O)(=O)NCC3CCCO3)cc2[nH]c1=O. The Hall–Kier alpha value is -1.97. The van der Waals surface area contributed by atoms with Gasteiger partial charge >= 0.3 is 11.1 Å². The third kappa shape index (κ3) is 2.96. The van der Waals surface area contributed by atoms with Crippen molar-refractivity contribution in [2.45, 2.75) is 23.8 Å². The summed E-state index contributed by atoms with van der Waals surface area (Å²) in [6, 6.07) is 4.12. The first-order chi connectivity index (χ1) is 10.5. The standard InChI is InChI=1S/C13H15N3O5S/c17-12-13(18)16-11-6-9(3-4-10(11)15-12)22(19,20)14-7-8-2-1-5-21-8/h3-4,6,8,14H,1-2,5,7H2,(H,15,17)(H,16,18). The molecule has 1 aliphatic heterocycles. The Bertz CT molecular complexity index is 909. The van der Waals surface area contributed by atoms with Crippen LogP contribution in [-0.2, 0) is 14.8 Å². The smallest absolute Gasteiger partial charge is 0.314 e. The van der Waals surface area contributed by atoms with Crippen molar-refractivity contribution in [1.29, 1.82) is 0 Å². The van der Waals surface area contributed by atoms with Gasteiger partial charge in [0.15, 0.2) is 0 Å². The van der Waals surface area contributed by atoms with Gasteiger partial charge in [-0.2, -0.15) is 0 Å². The Balaban J connectivity index is 1.89. The lowest BCUT2D eigenvalue weighted by molar-refractivity contribution is 0.114. The molecule has 1 fully saturated rings. The van der Waals surface area contributed by atoms with Crippen LogP contribution in [0.15, 0.2) is 32.7 Å². The summed E-state index contributed by atoms with van der Waals surface area (Å²) in [4.78, 5) is 27.3. The Kier molecular flexibility index (Phi) is 3.85. The van der Waals surface area contributed by atoms with Crippen LogP contribution in [0.5, 0.6) is 0 Å². The Morgan fingerprint density at radius 2 is 1.91 bits per heavy atom. The van der Waals surface area contributed by atoms with Crippen molar-refractivity contribution in [2.24, 2.45) is 0 Å². The molecule has 3 N–H and O–H groups in total. The summed E-state index contributed by atoms with van der Waals surface area (Å²) in [5, 5.41) is 0. The van der Waals surface area contributed by atoms with Gasteiger partial charge in [-0.3, -0.25) is 9.59 Å². The van der Waals surface area contributed by atoms with Gasteiger partial charge in [0.25, 0.3) is 0 Å². The monoisotopic (exact) mass is 325 g/mol. The van der Waals surface area contributed by atoms with E-state index in [1.807, 2.05) is 0 Å². The molecule has 1 saturated heterocycles. The van der Waals surface area contributed by atoms with E-state index in [1.54, 1.807) is 0 Å². The van der Waals surface area contributed by atoms with Crippen molar-refractivity contribution >= 4 is 21.1 Å². The van der Waals surface area contributed by atoms with Crippen LogP contribution in [0.3, 0.4) is 0 Å². The van der Waals surface area contributed by atoms with Crippen molar-refractivity contribution < 1.29 is 13.2 Å². The molecule has 1 aromatic heterocycles. The van der Waals surface area contributed by atoms with Gasteiger partial charge in [-0.25, -0.2) is 13.1 Å². The molecule has 0 bridgehead atoms. The lowest BCUT2D eigenvalue weighted by atomic mass is 10.2. The predicted octanol–water partition coefficient (Wildman–Crippen LogP) is -0.326. The highest BCUT2D eigenvalue weighted by Gasteiger charge is 2.20. The summed E-state index contributed by atoms with van der Waals surface area (Å²) in [5.41, 5.74) is -0.985. The quantitative estimate of drug-likeness (QED) is 0.665. The summed E-state index contributed by atoms with van der Waals surface area (Å²) in [6.45, 7) is 0.861. The summed E-state index contributed by atoms with van der Waals surface area (Å²) in [6.07, 6.45) is 1.65. The van der Waals surface area contributed by atoms with Gasteiger partial charge in [-0.1, -0.05) is 0 Å². The molecule has 3 rings (SSSR count). The van der Waals surface area contributed by atoms with E-state index >= 15 is 0 Å². The van der Waals surface area contributed by atoms with Crippen molar-refractivity contribution in [3.05, 3.63) is 38.9 Å². The molecule has 0 radical (unpaired) electrons. The first-order valence-corrected chi connectivity index (χ1v) is 8.32. The fourth-order valence-electron chi connectivity index (χ4n) is 2.35. The number of nitrogens with one attached hydrogen (secondary N) is 3. The molecule has 118 valence electrons. The molecule has 2 heterocycles. The first kappa shape index (κ1) is 14.9. The number of ether oxygens (including phenoxy) is 1. The molecular weight excluding hydrogens is 310 g/mol. The number of hydrogen-bond acceptors (Lipinski definition) is 5. The minimum atomic E-state index is -3.71. The third-order valence-electron chi connectivity index (χ3n) is 3.53. The molecule has 0 spiro atoms. The number of sulfonamides is 1. The van der Waals surface area contributed by atoms with Gasteiger partial charge in [0.2, 0.25) is 10.0 Å². The fourth-order valence-corrected chi connectivity index (χ4v) is 3.44. The molecule has 22 heavy (non-hydrogen) atoms. The van der Waals surface area contributed by atoms with E-state index in [9.17, 15) is 18.0 Å². The van der Waals surface area contributed by atoms with Gasteiger partial charge in [0.05, 0.1) is 22.0 Å². The summed E-state index contributed by atoms with van der Waals surface area (Å²) in [7, 11) is -3.71. The van der Waals surface area contributed by atoms with Crippen molar-refractivity contribution in [3.63, 3.8) is 0 Å². The van der Waals surface area contributed by atoms with Gasteiger partial charge in [0, 0.05) is 13.2 Å². The third-order valence-corrected chi connectivity index (χ3v) is 4.95. The van der Waals surface area contributed by atoms with Crippen LogP contribution in [0.4, 0.5) is 0 Å². The van der Waals surface area contributed by atoms with Crippen LogP contribution in [0, 0.1) is 0 Å². The van der Waals surface area contributed by atoms with Gasteiger partial charge in [-0.15, -0.1) is 0 Å². The Morgan fingerprint density at radius 3 is 2.59 bits per heavy atom. The number of H-pyrrole nitrogens is 2. The topological polar surface area (TPSA) is 121 Å². The summed E-state index contributed by atoms with van der Waals surface area (Å²) in [5.74, 6) is 0. The molecule has 8 nitrogen and oxygen atoms in total. The molecule has 0 amide bonds. The molecule has 1 aromatic carbocycles. The zero-order valence-electron chi connectivity index (χ0n) is 11.6. The van der Waals surface area contributed by atoms with Gasteiger partial charge in [0.1, 0.15) is 0 Å². The van der Waals surface area contributed by atoms with Crippen LogP contribution in [0.25, 0.3) is 11.0 Å². The molecule has 1 aliphatic rings. The van der Waals surface area contributed by atoms with E-state index in [0.29, 0.717) is 12.1 Å². The number of fused-ring (bicyclic) bond motifs is 1. The van der Waals surface area contributed by atoms with E-state index in [2.05, 4.69) is 14.7 Å². The van der Waals surface area contributed by atoms with Crippen molar-refractivity contribution in [1.82, 2.24) is 14.7 Å². The van der Waals surface area contributed by atoms with E-state index in [1.165, 1.54) is 18.2 Å². The number of benzene rings is 1. The second-order valence-electron chi connectivity index (χ2n) is 5.10. The average Bonchev–Trinajstić information content (AvgIpc) is 2.99. The molecule has 9 heteroatoms. The normalized spacial score (nSPS) is 18.8. The maximum atomic E-state index is 12.3. The average molecular weight is 325 g/mol. The Morgan fingerprint density at radius 1 is 1.18 bits per heavy atom. The molecule has 0 aliphatic carbocycles. The number of aromatic nitrogens is 2. The number of aromatic amines is 2.